The van der Waals surface area contributed by atoms with Gasteiger partial charge in [0.2, 0.25) is 0 Å². The smallest absolute Gasteiger partial charge is 0.159 e. The van der Waals surface area contributed by atoms with Crippen molar-refractivity contribution in [2.45, 2.75) is 76.0 Å². The molecule has 0 aliphatic heterocycles. The number of nitrogens with zero attached hydrogens (tertiary/aromatic N) is 2. The van der Waals surface area contributed by atoms with Crippen LogP contribution in [0.5, 0.6) is 0 Å². The lowest BCUT2D eigenvalue weighted by atomic mass is 9.94. The van der Waals surface area contributed by atoms with E-state index in [1.54, 1.807) is 0 Å². The zero-order valence-electron chi connectivity index (χ0n) is 46.3. The Labute approximate surface area is 482 Å². The molecule has 17 rings (SSSR count). The molecule has 3 aromatic heterocycles. The number of para-hydroxylation sites is 6. The summed E-state index contributed by atoms with van der Waals surface area (Å²) < 4.78 is 22.2. The van der Waals surface area contributed by atoms with Crippen LogP contribution in [0.2, 0.25) is 0 Å². The van der Waals surface area contributed by atoms with Gasteiger partial charge in [0.05, 0.1) is 34.1 Å². The van der Waals surface area contributed by atoms with Crippen molar-refractivity contribution in [2.24, 2.45) is 0 Å². The number of hydrogen-bond donors (Lipinski definition) is 0. The van der Waals surface area contributed by atoms with Crippen LogP contribution in [0.25, 0.3) is 104 Å². The Morgan fingerprint density at radius 2 is 0.711 bits per heavy atom. The summed E-state index contributed by atoms with van der Waals surface area (Å²) >= 11 is 0. The van der Waals surface area contributed by atoms with E-state index in [0.717, 1.165) is 140 Å². The highest BCUT2D eigenvalue weighted by Crippen LogP contribution is 2.54. The van der Waals surface area contributed by atoms with Crippen molar-refractivity contribution in [1.82, 2.24) is 0 Å². The molecule has 0 atom stereocenters. The largest absolute Gasteiger partial charge is 0.455 e. The molecule has 5 nitrogen and oxygen atoms in total. The summed E-state index contributed by atoms with van der Waals surface area (Å²) in [5, 5.41) is 10.9. The van der Waals surface area contributed by atoms with E-state index in [1.165, 1.54) is 79.0 Å². The fourth-order valence-electron chi connectivity index (χ4n) is 15.0. The Bertz CT molecular complexity index is 4960. The minimum atomic E-state index is 0.492. The first kappa shape index (κ1) is 48.2. The predicted molar refractivity (Wildman–Crippen MR) is 347 cm³/mol. The normalized spacial score (nSPS) is 15.2. The molecular weight excluding hydrogens is 1010 g/mol. The zero-order chi connectivity index (χ0) is 54.5. The number of benzene rings is 11. The Morgan fingerprint density at radius 1 is 0.313 bits per heavy atom. The minimum Gasteiger partial charge on any atom is -0.455 e. The van der Waals surface area contributed by atoms with Crippen molar-refractivity contribution >= 4 is 127 Å². The molecule has 0 spiro atoms. The molecule has 0 N–H and O–H groups in total. The van der Waals surface area contributed by atoms with E-state index in [0.29, 0.717) is 11.8 Å². The summed E-state index contributed by atoms with van der Waals surface area (Å²) in [4.78, 5) is 4.98. The van der Waals surface area contributed by atoms with E-state index >= 15 is 0 Å². The van der Waals surface area contributed by atoms with Gasteiger partial charge in [-0.25, -0.2) is 0 Å². The predicted octanol–water partition coefficient (Wildman–Crippen LogP) is 23.3. The van der Waals surface area contributed by atoms with Gasteiger partial charge in [0.15, 0.2) is 11.2 Å². The van der Waals surface area contributed by atoms with Crippen molar-refractivity contribution in [3.05, 3.63) is 247 Å². The van der Waals surface area contributed by atoms with Crippen molar-refractivity contribution in [2.75, 3.05) is 9.80 Å². The number of fused-ring (bicyclic) bond motifs is 13. The van der Waals surface area contributed by atoms with Crippen LogP contribution in [0.15, 0.2) is 244 Å². The highest BCUT2D eigenvalue weighted by Gasteiger charge is 2.31. The molecule has 0 radical (unpaired) electrons. The number of allylic oxidation sites excluding steroid dienone is 4. The summed E-state index contributed by atoms with van der Waals surface area (Å²) in [5.41, 5.74) is 19.1. The van der Waals surface area contributed by atoms with E-state index in [1.807, 2.05) is 0 Å². The van der Waals surface area contributed by atoms with Crippen molar-refractivity contribution in [3.8, 4) is 11.1 Å². The lowest BCUT2D eigenvalue weighted by Gasteiger charge is -2.30. The molecule has 3 heterocycles. The van der Waals surface area contributed by atoms with Gasteiger partial charge in [0.1, 0.15) is 22.3 Å². The number of furan rings is 3. The molecule has 0 unspecified atom stereocenters. The topological polar surface area (TPSA) is 45.9 Å². The molecule has 400 valence electrons. The molecule has 83 heavy (non-hydrogen) atoms. The van der Waals surface area contributed by atoms with Gasteiger partial charge in [-0.15, -0.1) is 0 Å². The Kier molecular flexibility index (Phi) is 11.3. The molecular formula is C78H60N2O3. The highest BCUT2D eigenvalue weighted by molar-refractivity contribution is 6.26. The fraction of sp³-hybridized carbons (Fsp3) is 0.154. The van der Waals surface area contributed by atoms with E-state index in [4.69, 9.17) is 13.3 Å². The van der Waals surface area contributed by atoms with E-state index in [-0.39, 0.29) is 0 Å². The van der Waals surface area contributed by atoms with Gasteiger partial charge in [-0.05, 0) is 109 Å². The molecule has 0 amide bonds. The SMILES string of the molecule is C1=CCCC(c2ccccc2N(c2cc3c4cc(N(c5ccccc5-c5ccccc5)c5cccc6c5oc5c(C7CCCC7)cccc56)c5ccccc5c4oc3c3ccccc23)c2cccc3c2oc2c(C4CCCC4)cccc23)=C1. The lowest BCUT2D eigenvalue weighted by molar-refractivity contribution is 0.643. The quantitative estimate of drug-likeness (QED) is 0.137. The summed E-state index contributed by atoms with van der Waals surface area (Å²) in [6.07, 6.45) is 18.5. The summed E-state index contributed by atoms with van der Waals surface area (Å²) in [7, 11) is 0. The molecule has 2 saturated carbocycles. The third-order valence-corrected chi connectivity index (χ3v) is 18.8. The molecule has 3 aliphatic rings. The van der Waals surface area contributed by atoms with Crippen molar-refractivity contribution in [1.29, 1.82) is 0 Å². The first-order valence-corrected chi connectivity index (χ1v) is 30.1. The third kappa shape index (κ3) is 7.67. The Morgan fingerprint density at radius 3 is 1.23 bits per heavy atom. The van der Waals surface area contributed by atoms with Gasteiger partial charge in [-0.1, -0.05) is 220 Å². The average Bonchev–Trinajstić information content (AvgIpc) is 2.27. The van der Waals surface area contributed by atoms with Crippen LogP contribution in [0.1, 0.15) is 92.7 Å². The maximum Gasteiger partial charge on any atom is 0.159 e. The molecule has 3 aliphatic carbocycles. The fourth-order valence-corrected chi connectivity index (χ4v) is 15.0. The van der Waals surface area contributed by atoms with Gasteiger partial charge >= 0.3 is 0 Å². The molecule has 5 heteroatoms. The second kappa shape index (κ2) is 19.6. The lowest BCUT2D eigenvalue weighted by Crippen LogP contribution is -2.13. The maximum absolute atomic E-state index is 7.44. The van der Waals surface area contributed by atoms with Crippen LogP contribution in [-0.4, -0.2) is 0 Å². The van der Waals surface area contributed by atoms with Crippen LogP contribution in [0.3, 0.4) is 0 Å². The molecule has 0 bridgehead atoms. The average molecular weight is 1070 g/mol. The first-order chi connectivity index (χ1) is 41.2. The summed E-state index contributed by atoms with van der Waals surface area (Å²) in [6, 6.07) is 78.1. The summed E-state index contributed by atoms with van der Waals surface area (Å²) in [5.74, 6) is 0.989. The summed E-state index contributed by atoms with van der Waals surface area (Å²) in [6.45, 7) is 0. The third-order valence-electron chi connectivity index (χ3n) is 18.8. The minimum absolute atomic E-state index is 0.492. The number of anilines is 6. The highest BCUT2D eigenvalue weighted by atomic mass is 16.3. The van der Waals surface area contributed by atoms with Crippen LogP contribution >= 0.6 is 0 Å². The molecule has 2 fully saturated rings. The van der Waals surface area contributed by atoms with Crippen molar-refractivity contribution in [3.63, 3.8) is 0 Å². The Balaban J connectivity index is 0.964. The Hall–Kier alpha value is -9.58. The van der Waals surface area contributed by atoms with Crippen LogP contribution in [0.4, 0.5) is 34.1 Å². The monoisotopic (exact) mass is 1070 g/mol. The maximum atomic E-state index is 7.44. The van der Waals surface area contributed by atoms with Gasteiger partial charge in [0.25, 0.3) is 0 Å². The van der Waals surface area contributed by atoms with Crippen LogP contribution in [0, 0.1) is 0 Å². The molecule has 14 aromatic rings. The van der Waals surface area contributed by atoms with Gasteiger partial charge in [0, 0.05) is 65.0 Å². The van der Waals surface area contributed by atoms with Gasteiger partial charge in [-0.3, -0.25) is 0 Å². The van der Waals surface area contributed by atoms with Gasteiger partial charge in [-0.2, -0.15) is 0 Å². The van der Waals surface area contributed by atoms with E-state index < -0.39 is 0 Å². The van der Waals surface area contributed by atoms with Gasteiger partial charge < -0.3 is 23.1 Å². The number of rotatable bonds is 10. The van der Waals surface area contributed by atoms with Crippen LogP contribution in [-0.2, 0) is 0 Å². The molecule has 0 saturated heterocycles. The van der Waals surface area contributed by atoms with E-state index in [2.05, 4.69) is 240 Å². The van der Waals surface area contributed by atoms with E-state index in [9.17, 15) is 0 Å². The number of hydrogen-bond acceptors (Lipinski definition) is 5. The first-order valence-electron chi connectivity index (χ1n) is 30.1. The van der Waals surface area contributed by atoms with Crippen LogP contribution < -0.4 is 9.80 Å². The molecule has 11 aromatic carbocycles. The van der Waals surface area contributed by atoms with Crippen molar-refractivity contribution < 1.29 is 13.3 Å². The second-order valence-electron chi connectivity index (χ2n) is 23.4. The zero-order valence-corrected chi connectivity index (χ0v) is 46.3. The second-order valence-corrected chi connectivity index (χ2v) is 23.4. The standard InChI is InChI=1S/C78H60N2O3/c1-3-23-49(24-4-1)53-31-15-17-43-67(53)79(69-45-21-41-63-61-39-19-37-55(51-27-7-8-28-51)73(61)82-77(63)69)71-47-65-66-48-72(58-34-12-14-36-60(58)76(66)81-75(65)59-35-13-11-33-57(59)71)80(68-44-18-16-32-54(68)50-25-5-2-6-26-50)70-46-22-42-64-62-40-20-38-56(52-29-9-10-30-52)74(62)83-78(64)70/h1-5,11-25,31-48,51-52H,6-10,26-30H2.